The maximum Gasteiger partial charge on any atom is 0.201 e. The first-order chi connectivity index (χ1) is 12.6. The topological polar surface area (TPSA) is 66.8 Å². The van der Waals surface area contributed by atoms with Gasteiger partial charge in [0, 0.05) is 6.42 Å². The zero-order chi connectivity index (χ0) is 18.3. The smallest absolute Gasteiger partial charge is 0.201 e. The van der Waals surface area contributed by atoms with E-state index in [0.29, 0.717) is 24.0 Å². The maximum atomic E-state index is 12.9. The number of benzene rings is 3. The van der Waals surface area contributed by atoms with Crippen LogP contribution in [0, 0.1) is 0 Å². The Morgan fingerprint density at radius 1 is 0.923 bits per heavy atom. The average molecular weight is 346 g/mol. The molecule has 0 atom stereocenters. The molecule has 1 aliphatic carbocycles. The van der Waals surface area contributed by atoms with E-state index in [9.17, 15) is 15.0 Å². The van der Waals surface area contributed by atoms with E-state index in [1.165, 1.54) is 6.07 Å². The molecule has 4 heteroatoms. The van der Waals surface area contributed by atoms with Crippen molar-refractivity contribution in [1.29, 1.82) is 0 Å². The Hall–Kier alpha value is -3.27. The average Bonchev–Trinajstić information content (AvgIpc) is 2.64. The second-order valence-corrected chi connectivity index (χ2v) is 6.45. The summed E-state index contributed by atoms with van der Waals surface area (Å²) in [5.41, 5.74) is 3.84. The van der Waals surface area contributed by atoms with Gasteiger partial charge < -0.3 is 14.9 Å². The second kappa shape index (κ2) is 6.23. The summed E-state index contributed by atoms with van der Waals surface area (Å²) in [6.45, 7) is 0. The van der Waals surface area contributed by atoms with Crippen LogP contribution in [0.5, 0.6) is 17.2 Å². The SMILES string of the molecule is COc1ccc(Cc2ccc3c(c2O)C(=O)c2c(O)cccc2C3)cc1. The molecule has 4 rings (SSSR count). The first kappa shape index (κ1) is 16.2. The summed E-state index contributed by atoms with van der Waals surface area (Å²) < 4.78 is 5.16. The number of rotatable bonds is 3. The van der Waals surface area contributed by atoms with E-state index in [2.05, 4.69) is 0 Å². The van der Waals surface area contributed by atoms with Gasteiger partial charge in [-0.2, -0.15) is 0 Å². The molecule has 1 aliphatic rings. The predicted molar refractivity (Wildman–Crippen MR) is 98.3 cm³/mol. The highest BCUT2D eigenvalue weighted by Gasteiger charge is 2.29. The van der Waals surface area contributed by atoms with Crippen molar-refractivity contribution in [3.63, 3.8) is 0 Å². The van der Waals surface area contributed by atoms with Crippen LogP contribution in [0.15, 0.2) is 54.6 Å². The molecule has 0 amide bonds. The van der Waals surface area contributed by atoms with Crippen molar-refractivity contribution >= 4 is 5.78 Å². The highest BCUT2D eigenvalue weighted by molar-refractivity contribution is 6.15. The molecular weight excluding hydrogens is 328 g/mol. The first-order valence-corrected chi connectivity index (χ1v) is 8.40. The Morgan fingerprint density at radius 3 is 2.38 bits per heavy atom. The van der Waals surface area contributed by atoms with E-state index in [0.717, 1.165) is 22.4 Å². The van der Waals surface area contributed by atoms with E-state index in [4.69, 9.17) is 4.74 Å². The standard InChI is InChI=1S/C22H18O4/c1-26-17-9-5-13(6-10-17)11-16-8-7-15-12-14-3-2-4-18(23)19(14)22(25)20(15)21(16)24/h2-10,23-24H,11-12H2,1H3. The van der Waals surface area contributed by atoms with Crippen LogP contribution in [0.2, 0.25) is 0 Å². The van der Waals surface area contributed by atoms with Crippen molar-refractivity contribution in [3.05, 3.63) is 88.0 Å². The molecule has 3 aromatic carbocycles. The van der Waals surface area contributed by atoms with Crippen LogP contribution in [0.25, 0.3) is 0 Å². The summed E-state index contributed by atoms with van der Waals surface area (Å²) in [7, 11) is 1.61. The second-order valence-electron chi connectivity index (χ2n) is 6.45. The fourth-order valence-corrected chi connectivity index (χ4v) is 3.51. The van der Waals surface area contributed by atoms with Gasteiger partial charge in [-0.05, 0) is 46.9 Å². The van der Waals surface area contributed by atoms with Crippen LogP contribution in [-0.2, 0) is 12.8 Å². The maximum absolute atomic E-state index is 12.9. The van der Waals surface area contributed by atoms with Gasteiger partial charge in [0.25, 0.3) is 0 Å². The number of phenols is 2. The third-order valence-electron chi connectivity index (χ3n) is 4.87. The number of fused-ring (bicyclic) bond motifs is 2. The molecule has 2 N–H and O–H groups in total. The Bertz CT molecular complexity index is 1000. The zero-order valence-electron chi connectivity index (χ0n) is 14.3. The van der Waals surface area contributed by atoms with Gasteiger partial charge in [0.15, 0.2) is 0 Å². The van der Waals surface area contributed by atoms with Crippen molar-refractivity contribution in [2.24, 2.45) is 0 Å². The fraction of sp³-hybridized carbons (Fsp3) is 0.136. The van der Waals surface area contributed by atoms with Gasteiger partial charge in [-0.3, -0.25) is 4.79 Å². The number of carbonyl (C=O) groups excluding carboxylic acids is 1. The van der Waals surface area contributed by atoms with Crippen molar-refractivity contribution in [2.45, 2.75) is 12.8 Å². The molecule has 0 aromatic heterocycles. The molecule has 0 saturated carbocycles. The summed E-state index contributed by atoms with van der Waals surface area (Å²) in [6, 6.07) is 16.4. The number of aromatic hydroxyl groups is 2. The molecule has 0 aliphatic heterocycles. The Labute approximate surface area is 151 Å². The van der Waals surface area contributed by atoms with E-state index < -0.39 is 0 Å². The number of phenolic OH excluding ortho intramolecular Hbond substituents is 2. The van der Waals surface area contributed by atoms with Gasteiger partial charge in [-0.25, -0.2) is 0 Å². The molecule has 4 nitrogen and oxygen atoms in total. The van der Waals surface area contributed by atoms with Gasteiger partial charge in [0.1, 0.15) is 17.2 Å². The zero-order valence-corrected chi connectivity index (χ0v) is 14.3. The lowest BCUT2D eigenvalue weighted by Gasteiger charge is -2.21. The summed E-state index contributed by atoms with van der Waals surface area (Å²) in [5, 5.41) is 20.8. The number of methoxy groups -OCH3 is 1. The molecule has 0 fully saturated rings. The van der Waals surface area contributed by atoms with E-state index in [1.54, 1.807) is 13.2 Å². The van der Waals surface area contributed by atoms with Gasteiger partial charge in [-0.1, -0.05) is 36.4 Å². The largest absolute Gasteiger partial charge is 0.507 e. The van der Waals surface area contributed by atoms with Crippen LogP contribution in [-0.4, -0.2) is 23.1 Å². The minimum absolute atomic E-state index is 0.00257. The lowest BCUT2D eigenvalue weighted by molar-refractivity contribution is 0.102. The van der Waals surface area contributed by atoms with Crippen LogP contribution in [0.4, 0.5) is 0 Å². The normalized spacial score (nSPS) is 12.4. The molecule has 0 radical (unpaired) electrons. The summed E-state index contributed by atoms with van der Waals surface area (Å²) in [5.74, 6) is 0.398. The van der Waals surface area contributed by atoms with Crippen LogP contribution >= 0.6 is 0 Å². The summed E-state index contributed by atoms with van der Waals surface area (Å²) >= 11 is 0. The highest BCUT2D eigenvalue weighted by Crippen LogP contribution is 2.38. The Balaban J connectivity index is 1.73. The molecule has 0 spiro atoms. The number of carbonyl (C=O) groups is 1. The van der Waals surface area contributed by atoms with Crippen molar-refractivity contribution in [2.75, 3.05) is 7.11 Å². The van der Waals surface area contributed by atoms with Crippen LogP contribution in [0.1, 0.15) is 38.2 Å². The van der Waals surface area contributed by atoms with Crippen molar-refractivity contribution < 1.29 is 19.7 Å². The number of hydrogen-bond acceptors (Lipinski definition) is 4. The van der Waals surface area contributed by atoms with Gasteiger partial charge in [-0.15, -0.1) is 0 Å². The molecular formula is C22H18O4. The summed E-state index contributed by atoms with van der Waals surface area (Å²) in [6.07, 6.45) is 1.02. The fourth-order valence-electron chi connectivity index (χ4n) is 3.51. The van der Waals surface area contributed by atoms with Crippen molar-refractivity contribution in [3.8, 4) is 17.2 Å². The lowest BCUT2D eigenvalue weighted by atomic mass is 9.82. The third kappa shape index (κ3) is 2.60. The number of hydrogen-bond donors (Lipinski definition) is 2. The molecule has 0 unspecified atom stereocenters. The van der Waals surface area contributed by atoms with E-state index >= 15 is 0 Å². The molecule has 0 bridgehead atoms. The lowest BCUT2D eigenvalue weighted by Crippen LogP contribution is -2.16. The Kier molecular flexibility index (Phi) is 3.88. The highest BCUT2D eigenvalue weighted by atomic mass is 16.5. The summed E-state index contributed by atoms with van der Waals surface area (Å²) in [4.78, 5) is 12.9. The van der Waals surface area contributed by atoms with Gasteiger partial charge in [0.2, 0.25) is 5.78 Å². The Morgan fingerprint density at radius 2 is 1.65 bits per heavy atom. The first-order valence-electron chi connectivity index (χ1n) is 8.40. The molecule has 0 heterocycles. The molecule has 3 aromatic rings. The van der Waals surface area contributed by atoms with E-state index in [-0.39, 0.29) is 22.8 Å². The van der Waals surface area contributed by atoms with Crippen LogP contribution < -0.4 is 4.74 Å². The molecule has 0 saturated heterocycles. The van der Waals surface area contributed by atoms with Crippen LogP contribution in [0.3, 0.4) is 0 Å². The minimum Gasteiger partial charge on any atom is -0.507 e. The molecule has 26 heavy (non-hydrogen) atoms. The van der Waals surface area contributed by atoms with Gasteiger partial charge >= 0.3 is 0 Å². The van der Waals surface area contributed by atoms with E-state index in [1.807, 2.05) is 42.5 Å². The minimum atomic E-state index is -0.326. The van der Waals surface area contributed by atoms with Gasteiger partial charge in [0.05, 0.1) is 18.2 Å². The number of ketones is 1. The number of ether oxygens (including phenoxy) is 1. The molecule has 130 valence electrons. The van der Waals surface area contributed by atoms with Crippen molar-refractivity contribution in [1.82, 2.24) is 0 Å². The third-order valence-corrected chi connectivity index (χ3v) is 4.87. The predicted octanol–water partition coefficient (Wildman–Crippen LogP) is 3.83. The monoisotopic (exact) mass is 346 g/mol. The quantitative estimate of drug-likeness (QED) is 0.592.